The highest BCUT2D eigenvalue weighted by Gasteiger charge is 2.19. The molecular formula is C38H30N2O6. The van der Waals surface area contributed by atoms with Gasteiger partial charge >= 0.3 is 5.97 Å². The van der Waals surface area contributed by atoms with Crippen molar-refractivity contribution >= 4 is 27.8 Å². The predicted octanol–water partition coefficient (Wildman–Crippen LogP) is 8.88. The van der Waals surface area contributed by atoms with Gasteiger partial charge in [-0.05, 0) is 67.1 Å². The van der Waals surface area contributed by atoms with Crippen LogP contribution in [0.2, 0.25) is 0 Å². The van der Waals surface area contributed by atoms with E-state index in [1.165, 1.54) is 6.07 Å². The van der Waals surface area contributed by atoms with Crippen LogP contribution in [-0.2, 0) is 13.2 Å². The number of para-hydroxylation sites is 2. The van der Waals surface area contributed by atoms with Crippen LogP contribution in [0.5, 0.6) is 23.0 Å². The Balaban J connectivity index is 1.18. The molecule has 0 spiro atoms. The summed E-state index contributed by atoms with van der Waals surface area (Å²) in [4.78, 5) is 16.5. The molecule has 228 valence electrons. The van der Waals surface area contributed by atoms with Gasteiger partial charge in [0.2, 0.25) is 5.89 Å². The van der Waals surface area contributed by atoms with Crippen molar-refractivity contribution in [1.82, 2.24) is 9.55 Å². The maximum atomic E-state index is 11.8. The van der Waals surface area contributed by atoms with E-state index in [0.29, 0.717) is 35.4 Å². The molecule has 0 aliphatic carbocycles. The number of carboxylic acids is 1. The Morgan fingerprint density at radius 2 is 1.54 bits per heavy atom. The molecule has 0 saturated heterocycles. The Bertz CT molecular complexity index is 2200. The fourth-order valence-electron chi connectivity index (χ4n) is 5.70. The van der Waals surface area contributed by atoms with E-state index in [-0.39, 0.29) is 17.9 Å². The van der Waals surface area contributed by atoms with Gasteiger partial charge in [-0.3, -0.25) is 0 Å². The Kier molecular flexibility index (Phi) is 7.60. The number of nitrogens with zero attached hydrogens (tertiary/aromatic N) is 2. The van der Waals surface area contributed by atoms with Crippen molar-refractivity contribution in [2.45, 2.75) is 20.1 Å². The van der Waals surface area contributed by atoms with Crippen molar-refractivity contribution in [3.05, 3.63) is 138 Å². The molecule has 0 amide bonds. The number of benzene rings is 5. The number of oxazole rings is 1. The summed E-state index contributed by atoms with van der Waals surface area (Å²) < 4.78 is 26.3. The molecule has 0 unspecified atom stereocenters. The van der Waals surface area contributed by atoms with Crippen molar-refractivity contribution in [3.8, 4) is 34.5 Å². The molecule has 0 atom stereocenters. The number of carbonyl (C=O) groups is 1. The highest BCUT2D eigenvalue weighted by atomic mass is 16.5. The number of aromatic carboxylic acids is 1. The molecule has 0 aliphatic heterocycles. The van der Waals surface area contributed by atoms with Gasteiger partial charge in [0.05, 0.1) is 18.0 Å². The second kappa shape index (κ2) is 12.2. The fraction of sp³-hybridized carbons (Fsp3) is 0.105. The molecular weight excluding hydrogens is 580 g/mol. The second-order valence-corrected chi connectivity index (χ2v) is 10.8. The molecule has 2 heterocycles. The smallest absolute Gasteiger partial charge is 0.339 e. The first-order valence-electron chi connectivity index (χ1n) is 14.8. The minimum Gasteiger partial charge on any atom is -0.493 e. The molecule has 2 aromatic heterocycles. The third-order valence-electron chi connectivity index (χ3n) is 7.94. The van der Waals surface area contributed by atoms with Gasteiger partial charge in [-0.25, -0.2) is 9.78 Å². The average molecular weight is 611 g/mol. The first kappa shape index (κ1) is 28.7. The largest absolute Gasteiger partial charge is 0.493 e. The standard InChI is InChI=1S/C38H30N2O6/c1-24-29(39-37(45-24)26-11-4-3-5-12-26)23-44-33-20-19-25(21-35(33)43-2)22-40-30-15-8-6-13-27(30)36-31(40)16-10-18-34(36)46-32-17-9-7-14-28(32)38(41)42/h3-21H,22-23H2,1-2H3,(H,41,42). The Hall–Kier alpha value is -6.02. The van der Waals surface area contributed by atoms with E-state index in [1.807, 2.05) is 85.8 Å². The molecule has 5 aromatic carbocycles. The molecule has 0 fully saturated rings. The summed E-state index contributed by atoms with van der Waals surface area (Å²) in [5.74, 6) is 2.31. The molecule has 0 radical (unpaired) electrons. The van der Waals surface area contributed by atoms with Gasteiger partial charge < -0.3 is 28.3 Å². The van der Waals surface area contributed by atoms with Crippen molar-refractivity contribution in [1.29, 1.82) is 0 Å². The SMILES string of the molecule is COc1cc(Cn2c3ccccc3c3c(Oc4ccccc4C(=O)O)cccc32)ccc1OCc1nc(-c2ccccc2)oc1C. The van der Waals surface area contributed by atoms with Gasteiger partial charge in [0.15, 0.2) is 11.5 Å². The lowest BCUT2D eigenvalue weighted by atomic mass is 10.1. The van der Waals surface area contributed by atoms with Crippen molar-refractivity contribution < 1.29 is 28.5 Å². The lowest BCUT2D eigenvalue weighted by Gasteiger charge is -2.14. The Morgan fingerprint density at radius 3 is 2.37 bits per heavy atom. The maximum Gasteiger partial charge on any atom is 0.339 e. The minimum atomic E-state index is -1.04. The number of hydrogen-bond donors (Lipinski definition) is 1. The van der Waals surface area contributed by atoms with Crippen LogP contribution in [0.4, 0.5) is 0 Å². The zero-order valence-electron chi connectivity index (χ0n) is 25.3. The van der Waals surface area contributed by atoms with Gasteiger partial charge in [-0.1, -0.05) is 60.7 Å². The number of aromatic nitrogens is 2. The van der Waals surface area contributed by atoms with Crippen LogP contribution in [-0.4, -0.2) is 27.7 Å². The highest BCUT2D eigenvalue weighted by molar-refractivity contribution is 6.11. The van der Waals surface area contributed by atoms with Gasteiger partial charge in [0.1, 0.15) is 35.1 Å². The molecule has 8 nitrogen and oxygen atoms in total. The van der Waals surface area contributed by atoms with Crippen molar-refractivity contribution in [3.63, 3.8) is 0 Å². The van der Waals surface area contributed by atoms with Crippen LogP contribution >= 0.6 is 0 Å². The second-order valence-electron chi connectivity index (χ2n) is 10.8. The number of rotatable bonds is 10. The Morgan fingerprint density at radius 1 is 0.804 bits per heavy atom. The predicted molar refractivity (Wildman–Crippen MR) is 176 cm³/mol. The van der Waals surface area contributed by atoms with E-state index in [1.54, 1.807) is 25.3 Å². The van der Waals surface area contributed by atoms with Crippen LogP contribution in [0.3, 0.4) is 0 Å². The summed E-state index contributed by atoms with van der Waals surface area (Å²) in [6.07, 6.45) is 0. The van der Waals surface area contributed by atoms with E-state index < -0.39 is 5.97 Å². The number of aryl methyl sites for hydroxylation is 1. The van der Waals surface area contributed by atoms with Gasteiger partial charge in [0, 0.05) is 23.0 Å². The summed E-state index contributed by atoms with van der Waals surface area (Å²) in [6.45, 7) is 2.67. The van der Waals surface area contributed by atoms with Crippen LogP contribution in [0.25, 0.3) is 33.3 Å². The summed E-state index contributed by atoms with van der Waals surface area (Å²) >= 11 is 0. The summed E-state index contributed by atoms with van der Waals surface area (Å²) in [5.41, 5.74) is 4.73. The highest BCUT2D eigenvalue weighted by Crippen LogP contribution is 2.39. The average Bonchev–Trinajstić information content (AvgIpc) is 3.62. The summed E-state index contributed by atoms with van der Waals surface area (Å²) in [5, 5.41) is 11.6. The van der Waals surface area contributed by atoms with E-state index in [9.17, 15) is 9.90 Å². The lowest BCUT2D eigenvalue weighted by Crippen LogP contribution is -2.02. The topological polar surface area (TPSA) is 96.0 Å². The summed E-state index contributed by atoms with van der Waals surface area (Å²) in [6, 6.07) is 36.3. The normalized spacial score (nSPS) is 11.2. The maximum absolute atomic E-state index is 11.8. The third-order valence-corrected chi connectivity index (χ3v) is 7.94. The zero-order valence-corrected chi connectivity index (χ0v) is 25.3. The number of hydrogen-bond acceptors (Lipinski definition) is 6. The van der Waals surface area contributed by atoms with E-state index in [0.717, 1.165) is 38.6 Å². The molecule has 1 N–H and O–H groups in total. The number of carboxylic acid groups (broad SMARTS) is 1. The third kappa shape index (κ3) is 5.41. The minimum absolute atomic E-state index is 0.105. The fourth-order valence-corrected chi connectivity index (χ4v) is 5.70. The van der Waals surface area contributed by atoms with Crippen molar-refractivity contribution in [2.24, 2.45) is 0 Å². The number of fused-ring (bicyclic) bond motifs is 3. The van der Waals surface area contributed by atoms with E-state index >= 15 is 0 Å². The number of ether oxygens (including phenoxy) is 3. The first-order chi connectivity index (χ1) is 22.5. The molecule has 0 saturated carbocycles. The molecule has 7 rings (SSSR count). The summed E-state index contributed by atoms with van der Waals surface area (Å²) in [7, 11) is 1.62. The Labute approximate surface area is 265 Å². The van der Waals surface area contributed by atoms with E-state index in [2.05, 4.69) is 21.7 Å². The van der Waals surface area contributed by atoms with Gasteiger partial charge in [-0.2, -0.15) is 0 Å². The molecule has 0 bridgehead atoms. The molecule has 8 heteroatoms. The van der Waals surface area contributed by atoms with Gasteiger partial charge in [0.25, 0.3) is 0 Å². The van der Waals surface area contributed by atoms with E-state index in [4.69, 9.17) is 18.6 Å². The van der Waals surface area contributed by atoms with Crippen LogP contribution in [0.1, 0.15) is 27.4 Å². The molecule has 0 aliphatic rings. The van der Waals surface area contributed by atoms with Gasteiger partial charge in [-0.15, -0.1) is 0 Å². The first-order valence-corrected chi connectivity index (χ1v) is 14.8. The van der Waals surface area contributed by atoms with Crippen LogP contribution in [0.15, 0.2) is 120 Å². The molecule has 7 aromatic rings. The monoisotopic (exact) mass is 610 g/mol. The van der Waals surface area contributed by atoms with Crippen molar-refractivity contribution in [2.75, 3.05) is 7.11 Å². The van der Waals surface area contributed by atoms with Crippen LogP contribution in [0, 0.1) is 6.92 Å². The lowest BCUT2D eigenvalue weighted by molar-refractivity contribution is 0.0694. The number of methoxy groups -OCH3 is 1. The quantitative estimate of drug-likeness (QED) is 0.165. The molecule has 46 heavy (non-hydrogen) atoms. The zero-order chi connectivity index (χ0) is 31.6. The van der Waals surface area contributed by atoms with Crippen LogP contribution < -0.4 is 14.2 Å².